The molecule has 0 aliphatic rings. The SMILES string of the molecule is O=C(COc1c(Br)cccc1CO)Nc1ccccc1F. The van der Waals surface area contributed by atoms with Crippen molar-refractivity contribution in [3.63, 3.8) is 0 Å². The molecule has 2 rings (SSSR count). The highest BCUT2D eigenvalue weighted by Crippen LogP contribution is 2.29. The number of ether oxygens (including phenoxy) is 1. The zero-order valence-corrected chi connectivity index (χ0v) is 12.6. The third-order valence-electron chi connectivity index (χ3n) is 2.71. The average molecular weight is 354 g/mol. The minimum Gasteiger partial charge on any atom is -0.482 e. The molecular weight excluding hydrogens is 341 g/mol. The Balaban J connectivity index is 2.01. The Morgan fingerprint density at radius 2 is 2.00 bits per heavy atom. The van der Waals surface area contributed by atoms with Crippen LogP contribution < -0.4 is 10.1 Å². The summed E-state index contributed by atoms with van der Waals surface area (Å²) < 4.78 is 19.4. The zero-order valence-electron chi connectivity index (χ0n) is 11.0. The summed E-state index contributed by atoms with van der Waals surface area (Å²) >= 11 is 3.29. The van der Waals surface area contributed by atoms with Crippen LogP contribution in [0, 0.1) is 5.82 Å². The number of hydrogen-bond donors (Lipinski definition) is 2. The molecule has 0 spiro atoms. The third kappa shape index (κ3) is 4.03. The van der Waals surface area contributed by atoms with Crippen LogP contribution in [0.4, 0.5) is 10.1 Å². The Kier molecular flexibility index (Phi) is 5.30. The first kappa shape index (κ1) is 15.5. The van der Waals surface area contributed by atoms with Gasteiger partial charge in [-0.2, -0.15) is 0 Å². The fourth-order valence-corrected chi connectivity index (χ4v) is 2.25. The van der Waals surface area contributed by atoms with Gasteiger partial charge in [-0.3, -0.25) is 4.79 Å². The third-order valence-corrected chi connectivity index (χ3v) is 3.34. The zero-order chi connectivity index (χ0) is 15.2. The van der Waals surface area contributed by atoms with E-state index in [0.717, 1.165) is 0 Å². The van der Waals surface area contributed by atoms with Crippen LogP contribution in [0.3, 0.4) is 0 Å². The number of aliphatic hydroxyl groups excluding tert-OH is 1. The first-order chi connectivity index (χ1) is 10.1. The van der Waals surface area contributed by atoms with E-state index in [9.17, 15) is 14.3 Å². The second kappa shape index (κ2) is 7.19. The van der Waals surface area contributed by atoms with Crippen molar-refractivity contribution in [2.75, 3.05) is 11.9 Å². The lowest BCUT2D eigenvalue weighted by Crippen LogP contribution is -2.21. The van der Waals surface area contributed by atoms with Crippen molar-refractivity contribution in [3.05, 3.63) is 58.3 Å². The Bertz CT molecular complexity index is 649. The van der Waals surface area contributed by atoms with Gasteiger partial charge in [-0.1, -0.05) is 24.3 Å². The quantitative estimate of drug-likeness (QED) is 0.868. The standard InChI is InChI=1S/C15H13BrFNO3/c16-11-5-3-4-10(8-19)15(11)21-9-14(20)18-13-7-2-1-6-12(13)17/h1-7,19H,8-9H2,(H,18,20). The van der Waals surface area contributed by atoms with E-state index in [4.69, 9.17) is 4.74 Å². The van der Waals surface area contributed by atoms with E-state index < -0.39 is 11.7 Å². The van der Waals surface area contributed by atoms with Crippen molar-refractivity contribution in [2.45, 2.75) is 6.61 Å². The summed E-state index contributed by atoms with van der Waals surface area (Å²) in [7, 11) is 0. The molecule has 0 saturated carbocycles. The number of carbonyl (C=O) groups excluding carboxylic acids is 1. The van der Waals surface area contributed by atoms with Gasteiger partial charge in [0.1, 0.15) is 11.6 Å². The molecule has 4 nitrogen and oxygen atoms in total. The monoisotopic (exact) mass is 353 g/mol. The van der Waals surface area contributed by atoms with Gasteiger partial charge in [0.2, 0.25) is 0 Å². The molecule has 0 aromatic heterocycles. The molecule has 110 valence electrons. The van der Waals surface area contributed by atoms with Gasteiger partial charge in [-0.15, -0.1) is 0 Å². The van der Waals surface area contributed by atoms with Gasteiger partial charge in [0.25, 0.3) is 5.91 Å². The maximum atomic E-state index is 13.4. The summed E-state index contributed by atoms with van der Waals surface area (Å²) in [5.41, 5.74) is 0.656. The van der Waals surface area contributed by atoms with Crippen LogP contribution in [-0.2, 0) is 11.4 Å². The van der Waals surface area contributed by atoms with Crippen LogP contribution in [0.1, 0.15) is 5.56 Å². The van der Waals surface area contributed by atoms with Crippen LogP contribution >= 0.6 is 15.9 Å². The number of benzene rings is 2. The summed E-state index contributed by atoms with van der Waals surface area (Å²) in [6.45, 7) is -0.492. The Morgan fingerprint density at radius 1 is 1.24 bits per heavy atom. The number of hydrogen-bond acceptors (Lipinski definition) is 3. The van der Waals surface area contributed by atoms with E-state index in [2.05, 4.69) is 21.2 Å². The highest BCUT2D eigenvalue weighted by atomic mass is 79.9. The van der Waals surface area contributed by atoms with E-state index in [-0.39, 0.29) is 18.9 Å². The fourth-order valence-electron chi connectivity index (χ4n) is 1.73. The minimum atomic E-state index is -0.511. The molecule has 2 aromatic rings. The van der Waals surface area contributed by atoms with E-state index in [1.165, 1.54) is 18.2 Å². The Hall–Kier alpha value is -1.92. The van der Waals surface area contributed by atoms with Gasteiger partial charge in [-0.05, 0) is 34.1 Å². The van der Waals surface area contributed by atoms with Crippen molar-refractivity contribution in [3.8, 4) is 5.75 Å². The van der Waals surface area contributed by atoms with Gasteiger partial charge < -0.3 is 15.2 Å². The van der Waals surface area contributed by atoms with Crippen molar-refractivity contribution in [1.82, 2.24) is 0 Å². The van der Waals surface area contributed by atoms with E-state index >= 15 is 0 Å². The molecular formula is C15H13BrFNO3. The molecule has 0 unspecified atom stereocenters. The van der Waals surface area contributed by atoms with Crippen molar-refractivity contribution in [1.29, 1.82) is 0 Å². The van der Waals surface area contributed by atoms with Crippen LogP contribution in [-0.4, -0.2) is 17.6 Å². The second-order valence-electron chi connectivity index (χ2n) is 4.20. The highest BCUT2D eigenvalue weighted by Gasteiger charge is 2.11. The smallest absolute Gasteiger partial charge is 0.262 e. The van der Waals surface area contributed by atoms with Crippen LogP contribution in [0.2, 0.25) is 0 Å². The van der Waals surface area contributed by atoms with Crippen molar-refractivity contribution < 1.29 is 19.0 Å². The summed E-state index contributed by atoms with van der Waals surface area (Å²) in [5, 5.41) is 11.6. The molecule has 0 heterocycles. The van der Waals surface area contributed by atoms with Gasteiger partial charge in [0.05, 0.1) is 16.8 Å². The normalized spacial score (nSPS) is 10.2. The summed E-state index contributed by atoms with van der Waals surface area (Å²) in [4.78, 5) is 11.8. The lowest BCUT2D eigenvalue weighted by atomic mass is 10.2. The lowest BCUT2D eigenvalue weighted by Gasteiger charge is -2.12. The van der Waals surface area contributed by atoms with E-state index in [1.807, 2.05) is 0 Å². The molecule has 1 amide bonds. The molecule has 0 aliphatic heterocycles. The molecule has 0 fully saturated rings. The number of amides is 1. The molecule has 0 bridgehead atoms. The summed E-state index contributed by atoms with van der Waals surface area (Å²) in [6, 6.07) is 11.1. The number of nitrogens with one attached hydrogen (secondary N) is 1. The van der Waals surface area contributed by atoms with Gasteiger partial charge in [0, 0.05) is 5.56 Å². The molecule has 2 aromatic carbocycles. The predicted octanol–water partition coefficient (Wildman–Crippen LogP) is 3.10. The summed E-state index contributed by atoms with van der Waals surface area (Å²) in [5.74, 6) is -0.605. The number of anilines is 1. The second-order valence-corrected chi connectivity index (χ2v) is 5.06. The van der Waals surface area contributed by atoms with Crippen molar-refractivity contribution >= 4 is 27.5 Å². The van der Waals surface area contributed by atoms with E-state index in [1.54, 1.807) is 24.3 Å². The Morgan fingerprint density at radius 3 is 2.71 bits per heavy atom. The van der Waals surface area contributed by atoms with E-state index in [0.29, 0.717) is 15.8 Å². The number of para-hydroxylation sites is 2. The van der Waals surface area contributed by atoms with Gasteiger partial charge in [0.15, 0.2) is 6.61 Å². The lowest BCUT2D eigenvalue weighted by molar-refractivity contribution is -0.118. The van der Waals surface area contributed by atoms with Gasteiger partial charge in [-0.25, -0.2) is 4.39 Å². The number of halogens is 2. The first-order valence-corrected chi connectivity index (χ1v) is 6.96. The molecule has 0 saturated heterocycles. The predicted molar refractivity (Wildman–Crippen MR) is 80.6 cm³/mol. The van der Waals surface area contributed by atoms with Gasteiger partial charge >= 0.3 is 0 Å². The van der Waals surface area contributed by atoms with Crippen LogP contribution in [0.5, 0.6) is 5.75 Å². The highest BCUT2D eigenvalue weighted by molar-refractivity contribution is 9.10. The number of rotatable bonds is 5. The fraction of sp³-hybridized carbons (Fsp3) is 0.133. The van der Waals surface area contributed by atoms with Crippen LogP contribution in [0.25, 0.3) is 0 Å². The van der Waals surface area contributed by atoms with Crippen molar-refractivity contribution in [2.24, 2.45) is 0 Å². The average Bonchev–Trinajstić information content (AvgIpc) is 2.48. The maximum absolute atomic E-state index is 13.4. The molecule has 0 aliphatic carbocycles. The molecule has 2 N–H and O–H groups in total. The molecule has 0 radical (unpaired) electrons. The number of carbonyl (C=O) groups is 1. The maximum Gasteiger partial charge on any atom is 0.262 e. The van der Waals surface area contributed by atoms with Crippen LogP contribution in [0.15, 0.2) is 46.9 Å². The molecule has 6 heteroatoms. The number of aliphatic hydroxyl groups is 1. The molecule has 0 atom stereocenters. The summed E-state index contributed by atoms with van der Waals surface area (Å²) in [6.07, 6.45) is 0. The largest absolute Gasteiger partial charge is 0.482 e. The Labute approximate surface area is 129 Å². The first-order valence-electron chi connectivity index (χ1n) is 6.17. The molecule has 21 heavy (non-hydrogen) atoms. The minimum absolute atomic E-state index is 0.0978. The topological polar surface area (TPSA) is 58.6 Å².